The number of sulfonamides is 1. The number of amides is 2. The molecule has 1 saturated carbocycles. The highest BCUT2D eigenvalue weighted by molar-refractivity contribution is 7.92. The summed E-state index contributed by atoms with van der Waals surface area (Å²) in [6, 6.07) is 11.8. The molecule has 36 heavy (non-hydrogen) atoms. The third-order valence-corrected chi connectivity index (χ3v) is 8.20. The Morgan fingerprint density at radius 1 is 1.06 bits per heavy atom. The first-order valence-corrected chi connectivity index (χ1v) is 14.6. The highest BCUT2D eigenvalue weighted by Crippen LogP contribution is 2.23. The zero-order valence-corrected chi connectivity index (χ0v) is 23.0. The van der Waals surface area contributed by atoms with Crippen molar-refractivity contribution in [3.05, 3.63) is 64.2 Å². The average molecular weight is 534 g/mol. The number of hydrogen-bond acceptors (Lipinski definition) is 4. The number of nitrogens with one attached hydrogen (secondary N) is 1. The van der Waals surface area contributed by atoms with Gasteiger partial charge in [-0.25, -0.2) is 8.42 Å². The van der Waals surface area contributed by atoms with Gasteiger partial charge in [-0.1, -0.05) is 49.6 Å². The summed E-state index contributed by atoms with van der Waals surface area (Å²) in [6.45, 7) is 5.46. The Morgan fingerprint density at radius 3 is 2.25 bits per heavy atom. The van der Waals surface area contributed by atoms with E-state index in [1.807, 2.05) is 39.0 Å². The van der Waals surface area contributed by atoms with Crippen LogP contribution in [0.4, 0.5) is 5.69 Å². The lowest BCUT2D eigenvalue weighted by atomic mass is 10.1. The van der Waals surface area contributed by atoms with Crippen LogP contribution >= 0.6 is 11.6 Å². The molecule has 3 rings (SSSR count). The van der Waals surface area contributed by atoms with Crippen LogP contribution < -0.4 is 9.62 Å². The minimum absolute atomic E-state index is 0.113. The van der Waals surface area contributed by atoms with Crippen molar-refractivity contribution in [2.24, 2.45) is 0 Å². The molecule has 1 fully saturated rings. The first kappa shape index (κ1) is 28.0. The van der Waals surface area contributed by atoms with Crippen LogP contribution in [0.5, 0.6) is 0 Å². The monoisotopic (exact) mass is 533 g/mol. The van der Waals surface area contributed by atoms with Gasteiger partial charge >= 0.3 is 0 Å². The SMILES string of the molecule is CCC(C(=O)NC1CCCC1)N(Cc1ccc(Cl)cc1)C(=O)CN(c1ccc(C)c(C)c1)S(C)(=O)=O. The Morgan fingerprint density at radius 2 is 1.69 bits per heavy atom. The van der Waals surface area contributed by atoms with E-state index in [9.17, 15) is 18.0 Å². The molecule has 0 spiro atoms. The van der Waals surface area contributed by atoms with E-state index in [4.69, 9.17) is 11.6 Å². The van der Waals surface area contributed by atoms with Crippen LogP contribution in [0.25, 0.3) is 0 Å². The number of carbonyl (C=O) groups excluding carboxylic acids is 2. The minimum atomic E-state index is -3.76. The fourth-order valence-corrected chi connectivity index (χ4v) is 5.54. The van der Waals surface area contributed by atoms with E-state index >= 15 is 0 Å². The van der Waals surface area contributed by atoms with Crippen LogP contribution in [0.1, 0.15) is 55.7 Å². The number of hydrogen-bond donors (Lipinski definition) is 1. The van der Waals surface area contributed by atoms with Crippen molar-refractivity contribution < 1.29 is 18.0 Å². The predicted octanol–water partition coefficient (Wildman–Crippen LogP) is 4.59. The lowest BCUT2D eigenvalue weighted by Crippen LogP contribution is -2.53. The standard InChI is InChI=1S/C27H36ClN3O4S/c1-5-25(27(33)29-23-8-6-7-9-23)30(17-21-11-13-22(28)14-12-21)26(32)18-31(36(4,34)35)24-15-10-19(2)20(3)16-24/h10-16,23,25H,5-9,17-18H2,1-4H3,(H,29,33). The molecule has 196 valence electrons. The molecule has 2 aromatic rings. The molecule has 0 aliphatic heterocycles. The summed E-state index contributed by atoms with van der Waals surface area (Å²) in [4.78, 5) is 28.5. The zero-order chi connectivity index (χ0) is 26.5. The van der Waals surface area contributed by atoms with Crippen LogP contribution in [0.2, 0.25) is 5.02 Å². The van der Waals surface area contributed by atoms with Crippen molar-refractivity contribution in [1.82, 2.24) is 10.2 Å². The molecule has 0 bridgehead atoms. The second-order valence-electron chi connectivity index (χ2n) is 9.60. The second-order valence-corrected chi connectivity index (χ2v) is 11.9. The van der Waals surface area contributed by atoms with E-state index in [2.05, 4.69) is 5.32 Å². The van der Waals surface area contributed by atoms with E-state index < -0.39 is 28.5 Å². The van der Waals surface area contributed by atoms with Gasteiger partial charge in [0.1, 0.15) is 12.6 Å². The molecule has 0 heterocycles. The summed E-state index contributed by atoms with van der Waals surface area (Å²) >= 11 is 6.04. The van der Waals surface area contributed by atoms with E-state index in [0.717, 1.165) is 52.9 Å². The molecule has 2 aromatic carbocycles. The maximum atomic E-state index is 13.8. The summed E-state index contributed by atoms with van der Waals surface area (Å²) in [5.41, 5.74) is 3.17. The molecular formula is C27H36ClN3O4S. The molecule has 9 heteroatoms. The summed E-state index contributed by atoms with van der Waals surface area (Å²) in [5.74, 6) is -0.647. The van der Waals surface area contributed by atoms with Crippen LogP contribution in [0, 0.1) is 13.8 Å². The lowest BCUT2D eigenvalue weighted by molar-refractivity contribution is -0.140. The van der Waals surface area contributed by atoms with Crippen LogP contribution in [-0.4, -0.2) is 50.0 Å². The summed E-state index contributed by atoms with van der Waals surface area (Å²) < 4.78 is 26.6. The van der Waals surface area contributed by atoms with Crippen LogP contribution in [0.15, 0.2) is 42.5 Å². The van der Waals surface area contributed by atoms with Gasteiger partial charge in [0.15, 0.2) is 0 Å². The van der Waals surface area contributed by atoms with Crippen molar-refractivity contribution >= 4 is 39.1 Å². The van der Waals surface area contributed by atoms with Crippen molar-refractivity contribution in [2.45, 2.75) is 71.5 Å². The third-order valence-electron chi connectivity index (χ3n) is 6.81. The summed E-state index contributed by atoms with van der Waals surface area (Å²) in [5, 5.41) is 3.67. The Bertz CT molecular complexity index is 1180. The van der Waals surface area contributed by atoms with Crippen molar-refractivity contribution in [1.29, 1.82) is 0 Å². The van der Waals surface area contributed by atoms with Gasteiger partial charge in [-0.2, -0.15) is 0 Å². The number of aryl methyl sites for hydroxylation is 2. The molecule has 0 radical (unpaired) electrons. The Hall–Kier alpha value is -2.58. The minimum Gasteiger partial charge on any atom is -0.352 e. The number of carbonyl (C=O) groups is 2. The smallest absolute Gasteiger partial charge is 0.244 e. The Balaban J connectivity index is 1.92. The molecule has 0 aromatic heterocycles. The second kappa shape index (κ2) is 12.1. The Kier molecular flexibility index (Phi) is 9.41. The van der Waals surface area contributed by atoms with Gasteiger partial charge in [0.05, 0.1) is 11.9 Å². The fraction of sp³-hybridized carbons (Fsp3) is 0.481. The van der Waals surface area contributed by atoms with E-state index in [0.29, 0.717) is 17.1 Å². The molecule has 1 unspecified atom stereocenters. The van der Waals surface area contributed by atoms with Crippen molar-refractivity contribution in [3.8, 4) is 0 Å². The van der Waals surface area contributed by atoms with Gasteiger partial charge in [0.25, 0.3) is 0 Å². The molecule has 1 aliphatic rings. The molecule has 7 nitrogen and oxygen atoms in total. The van der Waals surface area contributed by atoms with Gasteiger partial charge in [0, 0.05) is 17.6 Å². The van der Waals surface area contributed by atoms with Crippen molar-refractivity contribution in [3.63, 3.8) is 0 Å². The van der Waals surface area contributed by atoms with Gasteiger partial charge in [-0.15, -0.1) is 0 Å². The molecular weight excluding hydrogens is 498 g/mol. The maximum absolute atomic E-state index is 13.8. The maximum Gasteiger partial charge on any atom is 0.244 e. The Labute approximate surface area is 219 Å². The molecule has 1 atom stereocenters. The van der Waals surface area contributed by atoms with Gasteiger partial charge in [-0.05, 0) is 74.1 Å². The topological polar surface area (TPSA) is 86.8 Å². The van der Waals surface area contributed by atoms with Crippen LogP contribution in [-0.2, 0) is 26.2 Å². The molecule has 1 aliphatic carbocycles. The van der Waals surface area contributed by atoms with Gasteiger partial charge < -0.3 is 10.2 Å². The number of benzene rings is 2. The highest BCUT2D eigenvalue weighted by atomic mass is 35.5. The molecule has 1 N–H and O–H groups in total. The quantitative estimate of drug-likeness (QED) is 0.484. The number of rotatable bonds is 10. The number of nitrogens with zero attached hydrogens (tertiary/aromatic N) is 2. The first-order valence-electron chi connectivity index (χ1n) is 12.4. The van der Waals surface area contributed by atoms with E-state index in [-0.39, 0.29) is 18.5 Å². The van der Waals surface area contributed by atoms with E-state index in [1.165, 1.54) is 4.90 Å². The number of halogens is 1. The summed E-state index contributed by atoms with van der Waals surface area (Å²) in [7, 11) is -3.76. The molecule has 0 saturated heterocycles. The summed E-state index contributed by atoms with van der Waals surface area (Å²) in [6.07, 6.45) is 5.51. The van der Waals surface area contributed by atoms with E-state index in [1.54, 1.807) is 24.3 Å². The van der Waals surface area contributed by atoms with Crippen molar-refractivity contribution in [2.75, 3.05) is 17.1 Å². The zero-order valence-electron chi connectivity index (χ0n) is 21.5. The van der Waals surface area contributed by atoms with Gasteiger partial charge in [-0.3, -0.25) is 13.9 Å². The predicted molar refractivity (Wildman–Crippen MR) is 145 cm³/mol. The first-order chi connectivity index (χ1) is 17.0. The third kappa shape index (κ3) is 7.23. The number of anilines is 1. The largest absolute Gasteiger partial charge is 0.352 e. The average Bonchev–Trinajstić information content (AvgIpc) is 3.32. The van der Waals surface area contributed by atoms with Gasteiger partial charge in [0.2, 0.25) is 21.8 Å². The fourth-order valence-electron chi connectivity index (χ4n) is 4.57. The normalized spacial score (nSPS) is 14.9. The lowest BCUT2D eigenvalue weighted by Gasteiger charge is -2.33. The molecule has 2 amide bonds. The van der Waals surface area contributed by atoms with Crippen LogP contribution in [0.3, 0.4) is 0 Å². The highest BCUT2D eigenvalue weighted by Gasteiger charge is 2.33.